The minimum atomic E-state index is -0.987. The zero-order chi connectivity index (χ0) is 37.4. The molecule has 3 aromatic carbocycles. The normalized spacial score (nSPS) is 11.9. The quantitative estimate of drug-likeness (QED) is 0.0476. The smallest absolute Gasteiger partial charge is 0.343 e. The molecule has 0 aromatic heterocycles. The third-order valence-corrected chi connectivity index (χ3v) is 9.13. The fourth-order valence-corrected chi connectivity index (χ4v) is 5.61. The van der Waals surface area contributed by atoms with E-state index in [2.05, 4.69) is 6.92 Å². The zero-order valence-electron chi connectivity index (χ0n) is 31.7. The van der Waals surface area contributed by atoms with Gasteiger partial charge in [-0.05, 0) is 92.8 Å². The molecule has 0 fully saturated rings. The van der Waals surface area contributed by atoms with Gasteiger partial charge in [-0.3, -0.25) is 4.79 Å². The number of esters is 2. The fraction of sp³-hybridized carbons (Fsp3) is 0.545. The summed E-state index contributed by atoms with van der Waals surface area (Å²) in [6.07, 6.45) is 15.1. The lowest BCUT2D eigenvalue weighted by molar-refractivity contribution is -0.156. The van der Waals surface area contributed by atoms with E-state index in [-0.39, 0.29) is 19.2 Å². The van der Waals surface area contributed by atoms with E-state index < -0.39 is 17.6 Å². The number of rotatable bonds is 27. The molecule has 3 aromatic rings. The van der Waals surface area contributed by atoms with Gasteiger partial charge < -0.3 is 24.1 Å². The SMILES string of the molecule is CCCCCCC(F)COc1ccc(OC(=O)c2ccc(-c3ccc(OCCCCCCCCCCCCOC(=O)C(C)(C)CO)cc3)cc2)cc1. The van der Waals surface area contributed by atoms with Crippen LogP contribution in [0.25, 0.3) is 11.1 Å². The van der Waals surface area contributed by atoms with Gasteiger partial charge in [-0.15, -0.1) is 0 Å². The average molecular weight is 721 g/mol. The second-order valence-electron chi connectivity index (χ2n) is 14.3. The van der Waals surface area contributed by atoms with Crippen LogP contribution in [0.4, 0.5) is 4.39 Å². The number of halogens is 1. The number of hydrogen-bond donors (Lipinski definition) is 1. The summed E-state index contributed by atoms with van der Waals surface area (Å²) in [5, 5.41) is 9.21. The molecule has 0 aliphatic rings. The van der Waals surface area contributed by atoms with Crippen molar-refractivity contribution < 1.29 is 38.0 Å². The van der Waals surface area contributed by atoms with Crippen LogP contribution in [0.5, 0.6) is 17.2 Å². The molecule has 3 rings (SSSR count). The van der Waals surface area contributed by atoms with Crippen molar-refractivity contribution in [1.82, 2.24) is 0 Å². The largest absolute Gasteiger partial charge is 0.494 e. The van der Waals surface area contributed by atoms with Crippen LogP contribution in [0.2, 0.25) is 0 Å². The Hall–Kier alpha value is -3.91. The molecular weight excluding hydrogens is 659 g/mol. The Morgan fingerprint density at radius 3 is 1.69 bits per heavy atom. The summed E-state index contributed by atoms with van der Waals surface area (Å²) < 4.78 is 36.4. The van der Waals surface area contributed by atoms with Crippen molar-refractivity contribution in [3.05, 3.63) is 78.4 Å². The van der Waals surface area contributed by atoms with Crippen LogP contribution in [0.15, 0.2) is 72.8 Å². The summed E-state index contributed by atoms with van der Waals surface area (Å²) in [5.41, 5.74) is 1.65. The molecular formula is C44H61FO7. The lowest BCUT2D eigenvalue weighted by Crippen LogP contribution is -2.30. The number of aliphatic hydroxyl groups is 1. The van der Waals surface area contributed by atoms with Crippen molar-refractivity contribution >= 4 is 11.9 Å². The van der Waals surface area contributed by atoms with Crippen LogP contribution in [0.3, 0.4) is 0 Å². The van der Waals surface area contributed by atoms with Crippen LogP contribution in [-0.4, -0.2) is 49.6 Å². The number of ether oxygens (including phenoxy) is 4. The highest BCUT2D eigenvalue weighted by Crippen LogP contribution is 2.25. The zero-order valence-corrected chi connectivity index (χ0v) is 31.7. The van der Waals surface area contributed by atoms with Gasteiger partial charge in [0.1, 0.15) is 30.0 Å². The van der Waals surface area contributed by atoms with E-state index in [1.807, 2.05) is 36.4 Å². The summed E-state index contributed by atoms with van der Waals surface area (Å²) in [6.45, 7) is 6.47. The highest BCUT2D eigenvalue weighted by molar-refractivity contribution is 5.91. The predicted molar refractivity (Wildman–Crippen MR) is 206 cm³/mol. The Morgan fingerprint density at radius 2 is 1.12 bits per heavy atom. The van der Waals surface area contributed by atoms with Crippen LogP contribution in [0, 0.1) is 5.41 Å². The first-order valence-corrected chi connectivity index (χ1v) is 19.4. The molecule has 1 unspecified atom stereocenters. The van der Waals surface area contributed by atoms with Gasteiger partial charge in [0, 0.05) is 0 Å². The van der Waals surface area contributed by atoms with Gasteiger partial charge in [-0.2, -0.15) is 0 Å². The Kier molecular flexibility index (Phi) is 19.9. The number of carbonyl (C=O) groups excluding carboxylic acids is 2. The van der Waals surface area contributed by atoms with Crippen molar-refractivity contribution in [3.63, 3.8) is 0 Å². The van der Waals surface area contributed by atoms with Gasteiger partial charge in [0.15, 0.2) is 0 Å². The van der Waals surface area contributed by atoms with Crippen molar-refractivity contribution in [1.29, 1.82) is 0 Å². The van der Waals surface area contributed by atoms with Gasteiger partial charge in [0.05, 0.1) is 30.8 Å². The van der Waals surface area contributed by atoms with Crippen LogP contribution in [0.1, 0.15) is 127 Å². The minimum absolute atomic E-state index is 0.0227. The number of alkyl halides is 1. The molecule has 0 saturated heterocycles. The lowest BCUT2D eigenvalue weighted by Gasteiger charge is -2.19. The maximum atomic E-state index is 14.1. The standard InChI is InChI=1S/C44H61FO7/c1-4-5-6-15-18-38(45)33-51-40-27-29-41(30-28-40)52-42(47)37-21-19-35(20-22-37)36-23-25-39(26-24-36)49-31-16-13-11-9-7-8-10-12-14-17-32-50-43(48)44(2,3)34-46/h19-30,38,46H,4-18,31-34H2,1-3H3. The van der Waals surface area contributed by atoms with Crippen LogP contribution in [-0.2, 0) is 9.53 Å². The molecule has 52 heavy (non-hydrogen) atoms. The molecule has 0 spiro atoms. The van der Waals surface area contributed by atoms with Crippen molar-refractivity contribution in [3.8, 4) is 28.4 Å². The average Bonchev–Trinajstić information content (AvgIpc) is 3.16. The number of unbranched alkanes of at least 4 members (excludes halogenated alkanes) is 12. The molecule has 1 atom stereocenters. The molecule has 286 valence electrons. The summed E-state index contributed by atoms with van der Waals surface area (Å²) in [7, 11) is 0. The number of carbonyl (C=O) groups is 2. The maximum absolute atomic E-state index is 14.1. The Labute approximate surface area is 311 Å². The first-order valence-electron chi connectivity index (χ1n) is 19.4. The van der Waals surface area contributed by atoms with E-state index in [0.29, 0.717) is 36.7 Å². The Balaban J connectivity index is 1.24. The third kappa shape index (κ3) is 16.6. The van der Waals surface area contributed by atoms with Gasteiger partial charge in [0.2, 0.25) is 0 Å². The van der Waals surface area contributed by atoms with Crippen molar-refractivity contribution in [2.45, 2.75) is 123 Å². The number of benzene rings is 3. The molecule has 0 aliphatic heterocycles. The van der Waals surface area contributed by atoms with Crippen molar-refractivity contribution in [2.24, 2.45) is 5.41 Å². The molecule has 0 saturated carbocycles. The monoisotopic (exact) mass is 720 g/mol. The molecule has 0 radical (unpaired) electrons. The van der Waals surface area contributed by atoms with E-state index in [0.717, 1.165) is 74.7 Å². The van der Waals surface area contributed by atoms with Crippen LogP contribution < -0.4 is 14.2 Å². The molecule has 0 aliphatic carbocycles. The van der Waals surface area contributed by atoms with E-state index in [1.54, 1.807) is 50.2 Å². The summed E-state index contributed by atoms with van der Waals surface area (Å²) >= 11 is 0. The second kappa shape index (κ2) is 24.4. The van der Waals surface area contributed by atoms with Crippen molar-refractivity contribution in [2.75, 3.05) is 26.4 Å². The highest BCUT2D eigenvalue weighted by Gasteiger charge is 2.28. The van der Waals surface area contributed by atoms with Gasteiger partial charge >= 0.3 is 11.9 Å². The maximum Gasteiger partial charge on any atom is 0.343 e. The van der Waals surface area contributed by atoms with Gasteiger partial charge in [-0.1, -0.05) is 108 Å². The van der Waals surface area contributed by atoms with Gasteiger partial charge in [0.25, 0.3) is 0 Å². The minimum Gasteiger partial charge on any atom is -0.494 e. The van der Waals surface area contributed by atoms with Gasteiger partial charge in [-0.25, -0.2) is 9.18 Å². The molecule has 1 N–H and O–H groups in total. The Morgan fingerprint density at radius 1 is 0.635 bits per heavy atom. The van der Waals surface area contributed by atoms with E-state index >= 15 is 0 Å². The number of aliphatic hydroxyl groups excluding tert-OH is 1. The fourth-order valence-electron chi connectivity index (χ4n) is 5.61. The Bertz CT molecular complexity index is 1400. The first kappa shape index (κ1) is 42.5. The predicted octanol–water partition coefficient (Wildman–Crippen LogP) is 11.1. The van der Waals surface area contributed by atoms with E-state index in [1.165, 1.54) is 32.1 Å². The second-order valence-corrected chi connectivity index (χ2v) is 14.3. The summed E-state index contributed by atoms with van der Waals surface area (Å²) in [6, 6.07) is 22.0. The third-order valence-electron chi connectivity index (χ3n) is 9.13. The highest BCUT2D eigenvalue weighted by atomic mass is 19.1. The molecule has 0 amide bonds. The molecule has 8 heteroatoms. The molecule has 0 heterocycles. The summed E-state index contributed by atoms with van der Waals surface area (Å²) in [5.74, 6) is 1.01. The van der Waals surface area contributed by atoms with E-state index in [9.17, 15) is 19.1 Å². The number of hydrogen-bond acceptors (Lipinski definition) is 7. The molecule has 7 nitrogen and oxygen atoms in total. The van der Waals surface area contributed by atoms with Crippen LogP contribution >= 0.6 is 0 Å². The van der Waals surface area contributed by atoms with E-state index in [4.69, 9.17) is 18.9 Å². The summed E-state index contributed by atoms with van der Waals surface area (Å²) in [4.78, 5) is 24.6. The first-order chi connectivity index (χ1) is 25.2. The molecule has 0 bridgehead atoms. The lowest BCUT2D eigenvalue weighted by atomic mass is 9.95. The topological polar surface area (TPSA) is 91.3 Å².